The molecule has 1 aromatic heterocycles. The molecule has 2 N–H and O–H groups in total. The third-order valence-corrected chi connectivity index (χ3v) is 4.22. The zero-order valence-electron chi connectivity index (χ0n) is 11.8. The number of aryl methyl sites for hydroxylation is 1. The SMILES string of the molecule is CCn1cc(S(=O)(=O)NCCCOC)cc1CNC. The lowest BCUT2D eigenvalue weighted by Gasteiger charge is -2.04. The number of ether oxygens (including phenoxy) is 1. The normalized spacial score (nSPS) is 11.9. The van der Waals surface area contributed by atoms with E-state index in [1.165, 1.54) is 0 Å². The lowest BCUT2D eigenvalue weighted by Crippen LogP contribution is -2.25. The molecular formula is C12H23N3O3S. The van der Waals surface area contributed by atoms with Gasteiger partial charge in [-0.2, -0.15) is 0 Å². The summed E-state index contributed by atoms with van der Waals surface area (Å²) in [6, 6.07) is 1.71. The molecule has 1 rings (SSSR count). The summed E-state index contributed by atoms with van der Waals surface area (Å²) in [5.41, 5.74) is 0.960. The smallest absolute Gasteiger partial charge is 0.242 e. The molecule has 0 spiro atoms. The predicted octanol–water partition coefficient (Wildman–Crippen LogP) is 0.542. The van der Waals surface area contributed by atoms with Gasteiger partial charge in [0.05, 0.1) is 4.90 Å². The molecule has 0 unspecified atom stereocenters. The number of rotatable bonds is 9. The van der Waals surface area contributed by atoms with Crippen LogP contribution in [0, 0.1) is 0 Å². The van der Waals surface area contributed by atoms with Crippen molar-refractivity contribution in [3.8, 4) is 0 Å². The van der Waals surface area contributed by atoms with Crippen LogP contribution in [0.3, 0.4) is 0 Å². The first-order chi connectivity index (χ1) is 9.05. The molecule has 0 aliphatic heterocycles. The molecule has 0 saturated heterocycles. The molecule has 1 heterocycles. The minimum atomic E-state index is -3.42. The molecule has 0 saturated carbocycles. The van der Waals surface area contributed by atoms with Crippen molar-refractivity contribution in [1.29, 1.82) is 0 Å². The molecule has 1 aromatic rings. The van der Waals surface area contributed by atoms with Gasteiger partial charge in [-0.05, 0) is 26.5 Å². The first-order valence-corrected chi connectivity index (χ1v) is 7.85. The quantitative estimate of drug-likeness (QED) is 0.651. The van der Waals surface area contributed by atoms with Crippen molar-refractivity contribution < 1.29 is 13.2 Å². The first-order valence-electron chi connectivity index (χ1n) is 6.37. The van der Waals surface area contributed by atoms with Gasteiger partial charge >= 0.3 is 0 Å². The Kier molecular flexibility index (Phi) is 6.50. The average Bonchev–Trinajstić information content (AvgIpc) is 2.79. The monoisotopic (exact) mass is 289 g/mol. The predicted molar refractivity (Wildman–Crippen MR) is 74.6 cm³/mol. The van der Waals surface area contributed by atoms with Gasteiger partial charge in [0.1, 0.15) is 0 Å². The van der Waals surface area contributed by atoms with E-state index in [4.69, 9.17) is 4.74 Å². The van der Waals surface area contributed by atoms with Gasteiger partial charge in [-0.1, -0.05) is 0 Å². The van der Waals surface area contributed by atoms with Crippen molar-refractivity contribution >= 4 is 10.0 Å². The third-order valence-electron chi connectivity index (χ3n) is 2.79. The second-order valence-electron chi connectivity index (χ2n) is 4.23. The van der Waals surface area contributed by atoms with E-state index in [1.807, 2.05) is 18.5 Å². The van der Waals surface area contributed by atoms with E-state index in [-0.39, 0.29) is 0 Å². The summed E-state index contributed by atoms with van der Waals surface area (Å²) >= 11 is 0. The average molecular weight is 289 g/mol. The fourth-order valence-electron chi connectivity index (χ4n) is 1.80. The Morgan fingerprint density at radius 2 is 2.16 bits per heavy atom. The van der Waals surface area contributed by atoms with E-state index in [2.05, 4.69) is 10.0 Å². The topological polar surface area (TPSA) is 72.4 Å². The largest absolute Gasteiger partial charge is 0.385 e. The lowest BCUT2D eigenvalue weighted by molar-refractivity contribution is 0.196. The van der Waals surface area contributed by atoms with E-state index >= 15 is 0 Å². The van der Waals surface area contributed by atoms with Gasteiger partial charge in [-0.25, -0.2) is 13.1 Å². The van der Waals surface area contributed by atoms with Crippen LogP contribution in [-0.4, -0.2) is 40.3 Å². The van der Waals surface area contributed by atoms with Crippen molar-refractivity contribution in [2.24, 2.45) is 0 Å². The Morgan fingerprint density at radius 3 is 2.74 bits per heavy atom. The minimum absolute atomic E-state index is 0.317. The second kappa shape index (κ2) is 7.64. The fraction of sp³-hybridized carbons (Fsp3) is 0.667. The highest BCUT2D eigenvalue weighted by Crippen LogP contribution is 2.14. The molecule has 6 nitrogen and oxygen atoms in total. The Morgan fingerprint density at radius 1 is 1.42 bits per heavy atom. The van der Waals surface area contributed by atoms with E-state index in [1.54, 1.807) is 19.4 Å². The van der Waals surface area contributed by atoms with Crippen LogP contribution >= 0.6 is 0 Å². The molecule has 19 heavy (non-hydrogen) atoms. The summed E-state index contributed by atoms with van der Waals surface area (Å²) < 4.78 is 33.6. The van der Waals surface area contributed by atoms with Crippen molar-refractivity contribution in [3.63, 3.8) is 0 Å². The Bertz CT molecular complexity index is 482. The zero-order chi connectivity index (χ0) is 14.3. The summed E-state index contributed by atoms with van der Waals surface area (Å²) in [6.45, 7) is 4.31. The fourth-order valence-corrected chi connectivity index (χ4v) is 2.94. The molecule has 0 radical (unpaired) electrons. The van der Waals surface area contributed by atoms with Crippen LogP contribution in [0.15, 0.2) is 17.2 Å². The molecule has 0 aromatic carbocycles. The van der Waals surface area contributed by atoms with Crippen LogP contribution in [0.25, 0.3) is 0 Å². The summed E-state index contributed by atoms with van der Waals surface area (Å²) in [4.78, 5) is 0.317. The summed E-state index contributed by atoms with van der Waals surface area (Å²) in [5.74, 6) is 0. The molecule has 0 fully saturated rings. The molecule has 7 heteroatoms. The van der Waals surface area contributed by atoms with Gasteiger partial charge in [0.2, 0.25) is 10.0 Å². The molecular weight excluding hydrogens is 266 g/mol. The highest BCUT2D eigenvalue weighted by atomic mass is 32.2. The van der Waals surface area contributed by atoms with Gasteiger partial charge in [-0.3, -0.25) is 0 Å². The number of methoxy groups -OCH3 is 1. The minimum Gasteiger partial charge on any atom is -0.385 e. The van der Waals surface area contributed by atoms with E-state index in [0.29, 0.717) is 31.0 Å². The molecule has 0 atom stereocenters. The molecule has 0 amide bonds. The zero-order valence-corrected chi connectivity index (χ0v) is 12.6. The number of nitrogens with one attached hydrogen (secondary N) is 2. The number of sulfonamides is 1. The first kappa shape index (κ1) is 16.2. The van der Waals surface area contributed by atoms with Gasteiger partial charge in [-0.15, -0.1) is 0 Å². The van der Waals surface area contributed by atoms with Crippen molar-refractivity contribution in [2.75, 3.05) is 27.3 Å². The maximum Gasteiger partial charge on any atom is 0.242 e. The van der Waals surface area contributed by atoms with E-state index in [9.17, 15) is 8.42 Å². The van der Waals surface area contributed by atoms with Gasteiger partial charge in [0, 0.05) is 45.2 Å². The van der Waals surface area contributed by atoms with E-state index in [0.717, 1.165) is 12.2 Å². The number of aromatic nitrogens is 1. The summed E-state index contributed by atoms with van der Waals surface area (Å²) in [7, 11) is 0.00960. The number of hydrogen-bond donors (Lipinski definition) is 2. The van der Waals surface area contributed by atoms with Crippen LogP contribution in [0.1, 0.15) is 19.0 Å². The van der Waals surface area contributed by atoms with Crippen LogP contribution in [-0.2, 0) is 27.8 Å². The maximum atomic E-state index is 12.1. The highest BCUT2D eigenvalue weighted by molar-refractivity contribution is 7.89. The van der Waals surface area contributed by atoms with Gasteiger partial charge in [0.15, 0.2) is 0 Å². The molecule has 0 aliphatic rings. The van der Waals surface area contributed by atoms with Crippen LogP contribution in [0.2, 0.25) is 0 Å². The van der Waals surface area contributed by atoms with Crippen LogP contribution < -0.4 is 10.0 Å². The van der Waals surface area contributed by atoms with Gasteiger partial charge in [0.25, 0.3) is 0 Å². The van der Waals surface area contributed by atoms with Crippen LogP contribution in [0.4, 0.5) is 0 Å². The Hall–Kier alpha value is -0.890. The van der Waals surface area contributed by atoms with Crippen molar-refractivity contribution in [1.82, 2.24) is 14.6 Å². The maximum absolute atomic E-state index is 12.1. The lowest BCUT2D eigenvalue weighted by atomic mass is 10.4. The summed E-state index contributed by atoms with van der Waals surface area (Å²) in [5, 5.41) is 3.03. The van der Waals surface area contributed by atoms with E-state index < -0.39 is 10.0 Å². The summed E-state index contributed by atoms with van der Waals surface area (Å²) in [6.07, 6.45) is 2.33. The molecule has 0 aliphatic carbocycles. The number of nitrogens with zero attached hydrogens (tertiary/aromatic N) is 1. The van der Waals surface area contributed by atoms with Crippen molar-refractivity contribution in [2.45, 2.75) is 31.3 Å². The van der Waals surface area contributed by atoms with Crippen LogP contribution in [0.5, 0.6) is 0 Å². The van der Waals surface area contributed by atoms with Crippen molar-refractivity contribution in [3.05, 3.63) is 18.0 Å². The Balaban J connectivity index is 2.77. The molecule has 0 bridgehead atoms. The van der Waals surface area contributed by atoms with Gasteiger partial charge < -0.3 is 14.6 Å². The number of hydrogen-bond acceptors (Lipinski definition) is 4. The Labute approximate surface area is 115 Å². The highest BCUT2D eigenvalue weighted by Gasteiger charge is 2.17. The molecule has 110 valence electrons. The standard InChI is InChI=1S/C12H23N3O3S/c1-4-15-10-12(8-11(15)9-13-2)19(16,17)14-6-5-7-18-3/h8,10,13-14H,4-7,9H2,1-3H3. The second-order valence-corrected chi connectivity index (χ2v) is 5.99. The third kappa shape index (κ3) is 4.61.